The normalized spacial score (nSPS) is 15.6. The zero-order chi connectivity index (χ0) is 13.1. The summed E-state index contributed by atoms with van der Waals surface area (Å²) in [6.07, 6.45) is -5.03. The van der Waals surface area contributed by atoms with E-state index in [0.717, 1.165) is 5.56 Å². The fraction of sp³-hybridized carbons (Fsp3) is 0.500. The van der Waals surface area contributed by atoms with Crippen molar-refractivity contribution < 1.29 is 18.3 Å². The van der Waals surface area contributed by atoms with E-state index in [4.69, 9.17) is 0 Å². The van der Waals surface area contributed by atoms with Crippen LogP contribution < -0.4 is 5.32 Å². The van der Waals surface area contributed by atoms with E-state index in [-0.39, 0.29) is 11.8 Å². The predicted octanol–water partition coefficient (Wildman–Crippen LogP) is 3.38. The molecule has 1 rings (SSSR count). The van der Waals surface area contributed by atoms with Crippen LogP contribution in [0.25, 0.3) is 0 Å². The Morgan fingerprint density at radius 1 is 1.29 bits per heavy atom. The fourth-order valence-corrected chi connectivity index (χ4v) is 1.72. The molecule has 0 radical (unpaired) electrons. The van der Waals surface area contributed by atoms with Crippen molar-refractivity contribution in [2.75, 3.05) is 0 Å². The third-order valence-corrected chi connectivity index (χ3v) is 2.44. The molecule has 0 aliphatic carbocycles. The summed E-state index contributed by atoms with van der Waals surface area (Å²) in [6.45, 7) is 3.26. The maximum Gasteiger partial charge on any atom is 0.390 e. The lowest BCUT2D eigenvalue weighted by Crippen LogP contribution is -2.33. The van der Waals surface area contributed by atoms with Crippen molar-refractivity contribution in [3.05, 3.63) is 29.8 Å². The van der Waals surface area contributed by atoms with Crippen LogP contribution in [0.3, 0.4) is 0 Å². The Kier molecular flexibility index (Phi) is 4.40. The van der Waals surface area contributed by atoms with Crippen molar-refractivity contribution in [1.29, 1.82) is 0 Å². The SMILES string of the molecule is CC(CC(F)(F)F)NC(C)c1cccc(O)c1. The van der Waals surface area contributed by atoms with E-state index in [2.05, 4.69) is 5.32 Å². The van der Waals surface area contributed by atoms with Gasteiger partial charge in [-0.1, -0.05) is 12.1 Å². The Bertz CT molecular complexity index is 365. The molecule has 2 nitrogen and oxygen atoms in total. The first-order chi connectivity index (χ1) is 7.78. The van der Waals surface area contributed by atoms with Gasteiger partial charge in [-0.2, -0.15) is 13.2 Å². The van der Waals surface area contributed by atoms with Gasteiger partial charge in [-0.25, -0.2) is 0 Å². The molecule has 2 atom stereocenters. The number of benzene rings is 1. The topological polar surface area (TPSA) is 32.3 Å². The Hall–Kier alpha value is -1.23. The summed E-state index contributed by atoms with van der Waals surface area (Å²) in [5, 5.41) is 12.1. The van der Waals surface area contributed by atoms with Crippen molar-refractivity contribution in [1.82, 2.24) is 5.32 Å². The molecule has 0 heterocycles. The number of rotatable bonds is 4. The average Bonchev–Trinajstić information content (AvgIpc) is 2.14. The summed E-state index contributed by atoms with van der Waals surface area (Å²) < 4.78 is 36.4. The highest BCUT2D eigenvalue weighted by atomic mass is 19.4. The van der Waals surface area contributed by atoms with Gasteiger partial charge in [0.2, 0.25) is 0 Å². The van der Waals surface area contributed by atoms with E-state index < -0.39 is 18.6 Å². The summed E-state index contributed by atoms with van der Waals surface area (Å²) in [6, 6.07) is 5.59. The van der Waals surface area contributed by atoms with Crippen LogP contribution in [0.1, 0.15) is 31.9 Å². The second-order valence-corrected chi connectivity index (χ2v) is 4.20. The first-order valence-corrected chi connectivity index (χ1v) is 5.39. The molecule has 1 aromatic carbocycles. The first-order valence-electron chi connectivity index (χ1n) is 5.39. The average molecular weight is 247 g/mol. The third kappa shape index (κ3) is 5.08. The standard InChI is InChI=1S/C12H16F3NO/c1-8(7-12(13,14)15)16-9(2)10-4-3-5-11(17)6-10/h3-6,8-9,16-17H,7H2,1-2H3. The van der Waals surface area contributed by atoms with Crippen molar-refractivity contribution in [3.63, 3.8) is 0 Å². The molecule has 0 saturated carbocycles. The molecule has 2 unspecified atom stereocenters. The van der Waals surface area contributed by atoms with Crippen LogP contribution >= 0.6 is 0 Å². The minimum atomic E-state index is -4.16. The Labute approximate surface area is 98.5 Å². The number of aromatic hydroxyl groups is 1. The smallest absolute Gasteiger partial charge is 0.390 e. The molecule has 0 spiro atoms. The largest absolute Gasteiger partial charge is 0.508 e. The number of nitrogens with one attached hydrogen (secondary N) is 1. The van der Waals surface area contributed by atoms with Gasteiger partial charge in [-0.05, 0) is 31.5 Å². The van der Waals surface area contributed by atoms with Crippen LogP contribution in [0, 0.1) is 0 Å². The van der Waals surface area contributed by atoms with Crippen molar-refractivity contribution >= 4 is 0 Å². The van der Waals surface area contributed by atoms with E-state index >= 15 is 0 Å². The minimum absolute atomic E-state index is 0.111. The predicted molar refractivity (Wildman–Crippen MR) is 59.8 cm³/mol. The van der Waals surface area contributed by atoms with Crippen LogP contribution in [0.15, 0.2) is 24.3 Å². The summed E-state index contributed by atoms with van der Waals surface area (Å²) in [4.78, 5) is 0. The van der Waals surface area contributed by atoms with Crippen LogP contribution in [0.2, 0.25) is 0 Å². The quantitative estimate of drug-likeness (QED) is 0.854. The Morgan fingerprint density at radius 2 is 1.94 bits per heavy atom. The maximum atomic E-state index is 12.1. The number of phenols is 1. The number of halogens is 3. The molecule has 17 heavy (non-hydrogen) atoms. The molecule has 0 amide bonds. The lowest BCUT2D eigenvalue weighted by molar-refractivity contribution is -0.139. The van der Waals surface area contributed by atoms with Gasteiger partial charge in [0.15, 0.2) is 0 Å². The molecule has 1 aromatic rings. The zero-order valence-electron chi connectivity index (χ0n) is 9.75. The van der Waals surface area contributed by atoms with Gasteiger partial charge in [0.05, 0.1) is 6.42 Å². The second-order valence-electron chi connectivity index (χ2n) is 4.20. The van der Waals surface area contributed by atoms with Gasteiger partial charge in [0.25, 0.3) is 0 Å². The Morgan fingerprint density at radius 3 is 2.47 bits per heavy atom. The third-order valence-electron chi connectivity index (χ3n) is 2.44. The zero-order valence-corrected chi connectivity index (χ0v) is 9.75. The van der Waals surface area contributed by atoms with E-state index in [9.17, 15) is 18.3 Å². The molecule has 0 bridgehead atoms. The number of alkyl halides is 3. The van der Waals surface area contributed by atoms with E-state index in [1.807, 2.05) is 0 Å². The highest BCUT2D eigenvalue weighted by Gasteiger charge is 2.30. The highest BCUT2D eigenvalue weighted by Crippen LogP contribution is 2.23. The molecular weight excluding hydrogens is 231 g/mol. The summed E-state index contributed by atoms with van der Waals surface area (Å²) in [5.74, 6) is 0.111. The minimum Gasteiger partial charge on any atom is -0.508 e. The number of phenolic OH excluding ortho intramolecular Hbond substituents is 1. The summed E-state index contributed by atoms with van der Waals surface area (Å²) in [5.41, 5.74) is 0.763. The molecule has 0 aliphatic heterocycles. The monoisotopic (exact) mass is 247 g/mol. The number of hydrogen-bond donors (Lipinski definition) is 2. The van der Waals surface area contributed by atoms with Crippen molar-refractivity contribution in [2.45, 2.75) is 38.5 Å². The van der Waals surface area contributed by atoms with Gasteiger partial charge < -0.3 is 10.4 Å². The Balaban J connectivity index is 2.57. The molecule has 0 fully saturated rings. The van der Waals surface area contributed by atoms with Crippen molar-refractivity contribution in [2.24, 2.45) is 0 Å². The van der Waals surface area contributed by atoms with E-state index in [1.54, 1.807) is 19.1 Å². The second kappa shape index (κ2) is 5.40. The van der Waals surface area contributed by atoms with E-state index in [0.29, 0.717) is 0 Å². The summed E-state index contributed by atoms with van der Waals surface area (Å²) in [7, 11) is 0. The molecule has 2 N–H and O–H groups in total. The van der Waals surface area contributed by atoms with E-state index in [1.165, 1.54) is 19.1 Å². The van der Waals surface area contributed by atoms with Gasteiger partial charge in [0.1, 0.15) is 5.75 Å². The van der Waals surface area contributed by atoms with Crippen molar-refractivity contribution in [3.8, 4) is 5.75 Å². The summed E-state index contributed by atoms with van der Waals surface area (Å²) >= 11 is 0. The number of hydrogen-bond acceptors (Lipinski definition) is 2. The highest BCUT2D eigenvalue weighted by molar-refractivity contribution is 5.29. The first kappa shape index (κ1) is 13.8. The maximum absolute atomic E-state index is 12.1. The fourth-order valence-electron chi connectivity index (χ4n) is 1.72. The lowest BCUT2D eigenvalue weighted by atomic mass is 10.1. The van der Waals surface area contributed by atoms with Gasteiger partial charge >= 0.3 is 6.18 Å². The molecule has 0 saturated heterocycles. The molecule has 96 valence electrons. The van der Waals surface area contributed by atoms with Gasteiger partial charge in [-0.15, -0.1) is 0 Å². The molecular formula is C12H16F3NO. The van der Waals surface area contributed by atoms with Crippen LogP contribution in [-0.4, -0.2) is 17.3 Å². The van der Waals surface area contributed by atoms with Crippen LogP contribution in [-0.2, 0) is 0 Å². The molecule has 5 heteroatoms. The van der Waals surface area contributed by atoms with Crippen LogP contribution in [0.4, 0.5) is 13.2 Å². The van der Waals surface area contributed by atoms with Gasteiger partial charge in [0, 0.05) is 12.1 Å². The molecule has 0 aromatic heterocycles. The van der Waals surface area contributed by atoms with Gasteiger partial charge in [-0.3, -0.25) is 0 Å². The van der Waals surface area contributed by atoms with Crippen LogP contribution in [0.5, 0.6) is 5.75 Å². The molecule has 0 aliphatic rings. The lowest BCUT2D eigenvalue weighted by Gasteiger charge is -2.21.